The molecule has 1 aromatic heterocycles. The third kappa shape index (κ3) is 4.46. The summed E-state index contributed by atoms with van der Waals surface area (Å²) in [5.41, 5.74) is 1.78. The van der Waals surface area contributed by atoms with Crippen molar-refractivity contribution in [1.29, 1.82) is 5.26 Å². The Bertz CT molecular complexity index is 1010. The van der Waals surface area contributed by atoms with Gasteiger partial charge in [0.05, 0.1) is 34.5 Å². The number of pyridine rings is 1. The summed E-state index contributed by atoms with van der Waals surface area (Å²) >= 11 is 6.09. The van der Waals surface area contributed by atoms with E-state index in [-0.39, 0.29) is 18.1 Å². The number of nitriles is 1. The van der Waals surface area contributed by atoms with Crippen LogP contribution in [0.4, 0.5) is 5.82 Å². The van der Waals surface area contributed by atoms with Gasteiger partial charge in [-0.05, 0) is 56.4 Å². The number of hydroxylamine groups is 1. The van der Waals surface area contributed by atoms with E-state index in [1.165, 1.54) is 0 Å². The van der Waals surface area contributed by atoms with Gasteiger partial charge in [-0.25, -0.2) is 10.0 Å². The van der Waals surface area contributed by atoms with E-state index in [1.54, 1.807) is 30.3 Å². The molecule has 31 heavy (non-hydrogen) atoms. The van der Waals surface area contributed by atoms with E-state index in [0.717, 1.165) is 42.9 Å². The molecule has 0 saturated heterocycles. The first-order chi connectivity index (χ1) is 15.0. The number of fused-ring (bicyclic) bond motifs is 1. The third-order valence-corrected chi connectivity index (χ3v) is 6.23. The Morgan fingerprint density at radius 2 is 2.06 bits per heavy atom. The van der Waals surface area contributed by atoms with Gasteiger partial charge in [-0.15, -0.1) is 0 Å². The van der Waals surface area contributed by atoms with Gasteiger partial charge in [0.2, 0.25) is 0 Å². The molecule has 2 heterocycles. The van der Waals surface area contributed by atoms with Gasteiger partial charge in [-0.1, -0.05) is 18.5 Å². The normalized spacial score (nSPS) is 20.3. The van der Waals surface area contributed by atoms with Crippen LogP contribution in [0.3, 0.4) is 0 Å². The highest BCUT2D eigenvalue weighted by atomic mass is 35.5. The maximum absolute atomic E-state index is 12.9. The second-order valence-corrected chi connectivity index (χ2v) is 8.43. The van der Waals surface area contributed by atoms with Crippen molar-refractivity contribution in [3.8, 4) is 11.8 Å². The number of ether oxygens (including phenoxy) is 1. The van der Waals surface area contributed by atoms with Crippen LogP contribution < -0.4 is 9.80 Å². The van der Waals surface area contributed by atoms with Crippen molar-refractivity contribution in [2.24, 2.45) is 0 Å². The molecule has 0 atom stereocenters. The molecule has 4 rings (SSSR count). The number of hydrogen-bond acceptors (Lipinski definition) is 6. The number of rotatable bonds is 6. The largest absolute Gasteiger partial charge is 0.490 e. The third-order valence-electron chi connectivity index (χ3n) is 5.92. The lowest BCUT2D eigenvalue weighted by atomic mass is 9.92. The van der Waals surface area contributed by atoms with Gasteiger partial charge in [0.1, 0.15) is 11.8 Å². The van der Waals surface area contributed by atoms with Crippen LogP contribution >= 0.6 is 11.6 Å². The highest BCUT2D eigenvalue weighted by Gasteiger charge is 2.36. The van der Waals surface area contributed by atoms with Crippen molar-refractivity contribution in [3.05, 3.63) is 52.2 Å². The van der Waals surface area contributed by atoms with Gasteiger partial charge in [-0.2, -0.15) is 5.26 Å². The lowest BCUT2D eigenvalue weighted by Crippen LogP contribution is -2.40. The minimum atomic E-state index is 0.0114. The van der Waals surface area contributed by atoms with Crippen molar-refractivity contribution in [1.82, 2.24) is 9.88 Å². The molecule has 1 amide bonds. The second-order valence-electron chi connectivity index (χ2n) is 8.02. The Hall–Kier alpha value is -2.82. The molecule has 1 N–H and O–H groups in total. The van der Waals surface area contributed by atoms with Gasteiger partial charge >= 0.3 is 0 Å². The molecule has 0 spiro atoms. The smallest absolute Gasteiger partial charge is 0.256 e. The summed E-state index contributed by atoms with van der Waals surface area (Å²) in [6.45, 7) is 2.96. The molecule has 0 radical (unpaired) electrons. The maximum atomic E-state index is 12.9. The molecule has 2 aromatic rings. The molecular weight excluding hydrogens is 416 g/mol. The Morgan fingerprint density at radius 3 is 2.74 bits per heavy atom. The lowest BCUT2D eigenvalue weighted by molar-refractivity contribution is 0.0560. The molecule has 1 aliphatic heterocycles. The lowest BCUT2D eigenvalue weighted by Gasteiger charge is -2.34. The quantitative estimate of drug-likeness (QED) is 0.662. The van der Waals surface area contributed by atoms with Gasteiger partial charge in [0, 0.05) is 18.7 Å². The van der Waals surface area contributed by atoms with Gasteiger partial charge in [-0.3, -0.25) is 10.0 Å². The van der Waals surface area contributed by atoms with Gasteiger partial charge in [0.25, 0.3) is 5.91 Å². The molecule has 0 bridgehead atoms. The summed E-state index contributed by atoms with van der Waals surface area (Å²) < 4.78 is 6.06. The van der Waals surface area contributed by atoms with Crippen LogP contribution in [0.2, 0.25) is 5.02 Å². The molecule has 7 nitrogen and oxygen atoms in total. The number of carbonyl (C=O) groups is 1. The monoisotopic (exact) mass is 440 g/mol. The highest BCUT2D eigenvalue weighted by Crippen LogP contribution is 2.33. The first-order valence-electron chi connectivity index (χ1n) is 10.6. The summed E-state index contributed by atoms with van der Waals surface area (Å²) in [5.74, 6) is 1.15. The zero-order chi connectivity index (χ0) is 22.0. The minimum absolute atomic E-state index is 0.0114. The fourth-order valence-corrected chi connectivity index (χ4v) is 4.50. The van der Waals surface area contributed by atoms with Crippen LogP contribution in [-0.4, -0.2) is 39.7 Å². The van der Waals surface area contributed by atoms with E-state index >= 15 is 0 Å². The summed E-state index contributed by atoms with van der Waals surface area (Å²) in [5, 5.41) is 20.6. The summed E-state index contributed by atoms with van der Waals surface area (Å²) in [6.07, 6.45) is 4.23. The van der Waals surface area contributed by atoms with Crippen LogP contribution in [0.15, 0.2) is 30.3 Å². The van der Waals surface area contributed by atoms with E-state index in [1.807, 2.05) is 17.9 Å². The highest BCUT2D eigenvalue weighted by molar-refractivity contribution is 6.31. The Morgan fingerprint density at radius 1 is 1.29 bits per heavy atom. The molecule has 1 saturated carbocycles. The van der Waals surface area contributed by atoms with Crippen LogP contribution in [-0.2, 0) is 6.54 Å². The van der Waals surface area contributed by atoms with Gasteiger partial charge < -0.3 is 9.64 Å². The zero-order valence-electron chi connectivity index (χ0n) is 17.4. The number of hydrogen-bond donors (Lipinski definition) is 1. The molecule has 0 unspecified atom stereocenters. The standard InChI is InChI=1S/C23H25ClN4O3/c1-2-11-28(30)22-10-9-19-21(26-22)14-27(23(19)29)16-4-7-17(8-5-16)31-18-6-3-15(13-25)20(24)12-18/h3,6,9-10,12,16-17,30H,2,4-5,7-8,11,14H2,1H3. The van der Waals surface area contributed by atoms with Crippen molar-refractivity contribution < 1.29 is 14.7 Å². The number of halogens is 1. The summed E-state index contributed by atoms with van der Waals surface area (Å²) in [4.78, 5) is 19.3. The zero-order valence-corrected chi connectivity index (χ0v) is 18.2. The van der Waals surface area contributed by atoms with E-state index in [9.17, 15) is 10.0 Å². The number of carbonyl (C=O) groups excluding carboxylic acids is 1. The summed E-state index contributed by atoms with van der Waals surface area (Å²) in [6, 6.07) is 10.8. The number of aromatic nitrogens is 1. The predicted octanol–water partition coefficient (Wildman–Crippen LogP) is 4.56. The molecule has 1 aromatic carbocycles. The van der Waals surface area contributed by atoms with Crippen molar-refractivity contribution in [2.75, 3.05) is 11.6 Å². The molecule has 1 aliphatic carbocycles. The first-order valence-corrected chi connectivity index (χ1v) is 11.0. The number of benzene rings is 1. The topological polar surface area (TPSA) is 89.7 Å². The average molecular weight is 441 g/mol. The number of nitrogens with zero attached hydrogens (tertiary/aromatic N) is 4. The fourth-order valence-electron chi connectivity index (χ4n) is 4.29. The Labute approximate surface area is 186 Å². The SMILES string of the molecule is CCCN(O)c1ccc2c(n1)CN(C1CCC(Oc3ccc(C#N)c(Cl)c3)CC1)C2=O. The number of anilines is 1. The molecule has 8 heteroatoms. The van der Waals surface area contributed by atoms with E-state index < -0.39 is 0 Å². The van der Waals surface area contributed by atoms with Gasteiger partial charge in [0.15, 0.2) is 5.82 Å². The van der Waals surface area contributed by atoms with Crippen molar-refractivity contribution in [2.45, 2.75) is 57.7 Å². The first kappa shape index (κ1) is 21.4. The van der Waals surface area contributed by atoms with E-state index in [0.29, 0.717) is 40.8 Å². The Balaban J connectivity index is 1.36. The number of amides is 1. The molecular formula is C23H25ClN4O3. The molecule has 2 aliphatic rings. The van der Waals surface area contributed by atoms with Crippen LogP contribution in [0.1, 0.15) is 60.6 Å². The van der Waals surface area contributed by atoms with Crippen LogP contribution in [0.5, 0.6) is 5.75 Å². The minimum Gasteiger partial charge on any atom is -0.490 e. The molecule has 162 valence electrons. The van der Waals surface area contributed by atoms with Crippen molar-refractivity contribution in [3.63, 3.8) is 0 Å². The molecule has 1 fully saturated rings. The second kappa shape index (κ2) is 9.13. The maximum Gasteiger partial charge on any atom is 0.256 e. The van der Waals surface area contributed by atoms with E-state index in [2.05, 4.69) is 4.98 Å². The van der Waals surface area contributed by atoms with Crippen LogP contribution in [0, 0.1) is 11.3 Å². The van der Waals surface area contributed by atoms with Crippen molar-refractivity contribution >= 4 is 23.3 Å². The predicted molar refractivity (Wildman–Crippen MR) is 116 cm³/mol. The Kier molecular flexibility index (Phi) is 6.30. The fraction of sp³-hybridized carbons (Fsp3) is 0.435. The summed E-state index contributed by atoms with van der Waals surface area (Å²) in [7, 11) is 0. The van der Waals surface area contributed by atoms with E-state index in [4.69, 9.17) is 21.6 Å². The average Bonchev–Trinajstić information content (AvgIpc) is 3.10. The van der Waals surface area contributed by atoms with Crippen LogP contribution in [0.25, 0.3) is 0 Å².